The SMILES string of the molecule is CC(C)CC1(CC(C)C)COCOC1. The van der Waals surface area contributed by atoms with E-state index in [0.717, 1.165) is 25.0 Å². The van der Waals surface area contributed by atoms with E-state index in [1.807, 2.05) is 0 Å². The Hall–Kier alpha value is -0.0800. The summed E-state index contributed by atoms with van der Waals surface area (Å²) in [4.78, 5) is 0. The van der Waals surface area contributed by atoms with Gasteiger partial charge in [-0.25, -0.2) is 0 Å². The van der Waals surface area contributed by atoms with Crippen molar-refractivity contribution in [2.24, 2.45) is 17.3 Å². The highest BCUT2D eigenvalue weighted by Crippen LogP contribution is 2.36. The van der Waals surface area contributed by atoms with Gasteiger partial charge in [-0.15, -0.1) is 0 Å². The third-order valence-corrected chi connectivity index (χ3v) is 2.67. The molecule has 0 radical (unpaired) electrons. The summed E-state index contributed by atoms with van der Waals surface area (Å²) in [7, 11) is 0. The third-order valence-electron chi connectivity index (χ3n) is 2.67. The van der Waals surface area contributed by atoms with Gasteiger partial charge in [0.1, 0.15) is 6.79 Å². The number of ether oxygens (including phenoxy) is 2. The molecule has 1 fully saturated rings. The maximum absolute atomic E-state index is 5.46. The summed E-state index contributed by atoms with van der Waals surface area (Å²) in [5, 5.41) is 0. The molecule has 2 heteroatoms. The Labute approximate surface area is 88.0 Å². The van der Waals surface area contributed by atoms with Crippen molar-refractivity contribution in [3.8, 4) is 0 Å². The largest absolute Gasteiger partial charge is 0.355 e. The second-order valence-electron chi connectivity index (χ2n) is 5.51. The number of hydrogen-bond acceptors (Lipinski definition) is 2. The Bertz CT molecular complexity index is 146. The molecule has 1 rings (SSSR count). The molecule has 0 amide bonds. The molecule has 0 aromatic rings. The van der Waals surface area contributed by atoms with Gasteiger partial charge >= 0.3 is 0 Å². The van der Waals surface area contributed by atoms with Crippen LogP contribution >= 0.6 is 0 Å². The normalized spacial score (nSPS) is 21.9. The molecule has 1 heterocycles. The minimum absolute atomic E-state index is 0.278. The highest BCUT2D eigenvalue weighted by Gasteiger charge is 2.34. The number of hydrogen-bond donors (Lipinski definition) is 0. The van der Waals surface area contributed by atoms with E-state index in [1.165, 1.54) is 12.8 Å². The van der Waals surface area contributed by atoms with Crippen molar-refractivity contribution < 1.29 is 9.47 Å². The molecule has 0 bridgehead atoms. The van der Waals surface area contributed by atoms with Gasteiger partial charge in [0, 0.05) is 5.41 Å². The van der Waals surface area contributed by atoms with Gasteiger partial charge in [-0.2, -0.15) is 0 Å². The van der Waals surface area contributed by atoms with E-state index in [0.29, 0.717) is 6.79 Å². The van der Waals surface area contributed by atoms with Crippen LogP contribution in [-0.4, -0.2) is 20.0 Å². The molecule has 0 N–H and O–H groups in total. The van der Waals surface area contributed by atoms with E-state index in [2.05, 4.69) is 27.7 Å². The van der Waals surface area contributed by atoms with Crippen molar-refractivity contribution >= 4 is 0 Å². The van der Waals surface area contributed by atoms with Crippen LogP contribution in [-0.2, 0) is 9.47 Å². The van der Waals surface area contributed by atoms with E-state index in [9.17, 15) is 0 Å². The molecule has 14 heavy (non-hydrogen) atoms. The Morgan fingerprint density at radius 3 is 1.71 bits per heavy atom. The molecule has 0 unspecified atom stereocenters. The van der Waals surface area contributed by atoms with E-state index in [4.69, 9.17) is 9.47 Å². The first-order chi connectivity index (χ1) is 6.54. The summed E-state index contributed by atoms with van der Waals surface area (Å²) < 4.78 is 10.9. The average molecular weight is 200 g/mol. The van der Waals surface area contributed by atoms with Gasteiger partial charge in [0.15, 0.2) is 0 Å². The first-order valence-electron chi connectivity index (χ1n) is 5.69. The Balaban J connectivity index is 2.57. The molecule has 0 aliphatic carbocycles. The van der Waals surface area contributed by atoms with Crippen molar-refractivity contribution in [1.29, 1.82) is 0 Å². The van der Waals surface area contributed by atoms with Crippen LogP contribution in [0.15, 0.2) is 0 Å². The van der Waals surface area contributed by atoms with E-state index < -0.39 is 0 Å². The van der Waals surface area contributed by atoms with Crippen LogP contribution in [0.2, 0.25) is 0 Å². The molecule has 0 spiro atoms. The Morgan fingerprint density at radius 1 is 0.929 bits per heavy atom. The van der Waals surface area contributed by atoms with Crippen LogP contribution < -0.4 is 0 Å². The maximum atomic E-state index is 5.46. The van der Waals surface area contributed by atoms with Gasteiger partial charge in [-0.3, -0.25) is 0 Å². The standard InChI is InChI=1S/C12H24O2/c1-10(2)5-12(6-11(3)4)7-13-9-14-8-12/h10-11H,5-9H2,1-4H3. The van der Waals surface area contributed by atoms with Crippen LogP contribution in [0, 0.1) is 17.3 Å². The summed E-state index contributed by atoms with van der Waals surface area (Å²) in [6, 6.07) is 0. The Kier molecular flexibility index (Phi) is 4.39. The van der Waals surface area contributed by atoms with E-state index in [-0.39, 0.29) is 5.41 Å². The van der Waals surface area contributed by atoms with Crippen LogP contribution in [0.1, 0.15) is 40.5 Å². The summed E-state index contributed by atoms with van der Waals surface area (Å²) in [6.45, 7) is 11.3. The minimum atomic E-state index is 0.278. The lowest BCUT2D eigenvalue weighted by atomic mass is 9.75. The van der Waals surface area contributed by atoms with Gasteiger partial charge in [0.25, 0.3) is 0 Å². The van der Waals surface area contributed by atoms with Gasteiger partial charge < -0.3 is 9.47 Å². The monoisotopic (exact) mass is 200 g/mol. The molecule has 0 atom stereocenters. The topological polar surface area (TPSA) is 18.5 Å². The van der Waals surface area contributed by atoms with Crippen molar-refractivity contribution in [3.63, 3.8) is 0 Å². The van der Waals surface area contributed by atoms with Gasteiger partial charge in [-0.1, -0.05) is 27.7 Å². The summed E-state index contributed by atoms with van der Waals surface area (Å²) in [5.41, 5.74) is 0.278. The molecule has 1 aliphatic rings. The predicted octanol–water partition coefficient (Wildman–Crippen LogP) is 3.07. The van der Waals surface area contributed by atoms with Crippen molar-refractivity contribution in [2.75, 3.05) is 20.0 Å². The average Bonchev–Trinajstić information content (AvgIpc) is 2.01. The molecule has 1 saturated heterocycles. The van der Waals surface area contributed by atoms with Crippen LogP contribution in [0.5, 0.6) is 0 Å². The molecule has 0 aromatic carbocycles. The summed E-state index contributed by atoms with van der Waals surface area (Å²) in [5.74, 6) is 1.44. The molecule has 84 valence electrons. The lowest BCUT2D eigenvalue weighted by Gasteiger charge is -2.39. The van der Waals surface area contributed by atoms with Gasteiger partial charge in [0.2, 0.25) is 0 Å². The summed E-state index contributed by atoms with van der Waals surface area (Å²) in [6.07, 6.45) is 2.43. The zero-order valence-electron chi connectivity index (χ0n) is 10.0. The lowest BCUT2D eigenvalue weighted by molar-refractivity contribution is -0.174. The van der Waals surface area contributed by atoms with Crippen LogP contribution in [0.4, 0.5) is 0 Å². The van der Waals surface area contributed by atoms with Crippen LogP contribution in [0.3, 0.4) is 0 Å². The van der Waals surface area contributed by atoms with Gasteiger partial charge in [0.05, 0.1) is 13.2 Å². The maximum Gasteiger partial charge on any atom is 0.146 e. The first-order valence-corrected chi connectivity index (χ1v) is 5.69. The molecule has 2 nitrogen and oxygen atoms in total. The lowest BCUT2D eigenvalue weighted by Crippen LogP contribution is -2.39. The molecule has 1 aliphatic heterocycles. The highest BCUT2D eigenvalue weighted by molar-refractivity contribution is 4.82. The Morgan fingerprint density at radius 2 is 1.36 bits per heavy atom. The smallest absolute Gasteiger partial charge is 0.146 e. The zero-order chi connectivity index (χ0) is 10.6. The zero-order valence-corrected chi connectivity index (χ0v) is 10.0. The third kappa shape index (κ3) is 3.58. The van der Waals surface area contributed by atoms with Crippen molar-refractivity contribution in [2.45, 2.75) is 40.5 Å². The summed E-state index contributed by atoms with van der Waals surface area (Å²) >= 11 is 0. The molecular formula is C12H24O2. The quantitative estimate of drug-likeness (QED) is 0.694. The molecule has 0 aromatic heterocycles. The van der Waals surface area contributed by atoms with Crippen molar-refractivity contribution in [3.05, 3.63) is 0 Å². The van der Waals surface area contributed by atoms with Crippen LogP contribution in [0.25, 0.3) is 0 Å². The fourth-order valence-electron chi connectivity index (χ4n) is 2.67. The second-order valence-corrected chi connectivity index (χ2v) is 5.51. The molecule has 0 saturated carbocycles. The minimum Gasteiger partial charge on any atom is -0.355 e. The molecular weight excluding hydrogens is 176 g/mol. The predicted molar refractivity (Wildman–Crippen MR) is 58.1 cm³/mol. The fourth-order valence-corrected chi connectivity index (χ4v) is 2.67. The number of rotatable bonds is 4. The first kappa shape index (κ1) is 12.0. The van der Waals surface area contributed by atoms with E-state index >= 15 is 0 Å². The highest BCUT2D eigenvalue weighted by atomic mass is 16.7. The fraction of sp³-hybridized carbons (Fsp3) is 1.00. The second kappa shape index (κ2) is 5.13. The van der Waals surface area contributed by atoms with Crippen molar-refractivity contribution in [1.82, 2.24) is 0 Å². The van der Waals surface area contributed by atoms with Gasteiger partial charge in [-0.05, 0) is 24.7 Å². The van der Waals surface area contributed by atoms with E-state index in [1.54, 1.807) is 0 Å².